The Hall–Kier alpha value is -3.62. The van der Waals surface area contributed by atoms with E-state index in [-0.39, 0.29) is 12.0 Å². The van der Waals surface area contributed by atoms with E-state index in [2.05, 4.69) is 97.5 Å². The molecule has 1 aliphatic rings. The smallest absolute Gasteiger partial charge is 0.384 e. The van der Waals surface area contributed by atoms with Gasteiger partial charge in [-0.2, -0.15) is 0 Å². The second-order valence-corrected chi connectivity index (χ2v) is 13.3. The summed E-state index contributed by atoms with van der Waals surface area (Å²) in [5, 5.41) is 4.10. The maximum Gasteiger partial charge on any atom is 0.384 e. The monoisotopic (exact) mass is 583 g/mol. The van der Waals surface area contributed by atoms with Crippen molar-refractivity contribution >= 4 is 27.1 Å². The minimum atomic E-state index is -1.51. The SMILES string of the molecule is COc1ccc(OP(Oc2ccc(OC)cc2)N(C)[C@H](C)C2C=CC=C2P(c2ccccc2)c2ccccc2)cc1. The largest absolute Gasteiger partial charge is 0.497 e. The predicted molar refractivity (Wildman–Crippen MR) is 171 cm³/mol. The van der Waals surface area contributed by atoms with Crippen LogP contribution < -0.4 is 29.1 Å². The molecule has 7 heteroatoms. The molecule has 0 spiro atoms. The van der Waals surface area contributed by atoms with Crippen LogP contribution in [0.5, 0.6) is 23.0 Å². The van der Waals surface area contributed by atoms with Gasteiger partial charge in [-0.25, -0.2) is 4.67 Å². The second kappa shape index (κ2) is 13.8. The fourth-order valence-electron chi connectivity index (χ4n) is 4.70. The Bertz CT molecular complexity index is 1360. The number of nitrogens with zero attached hydrogens (tertiary/aromatic N) is 1. The number of hydrogen-bond donors (Lipinski definition) is 0. The van der Waals surface area contributed by atoms with Crippen LogP contribution in [0.2, 0.25) is 0 Å². The second-order valence-electron chi connectivity index (χ2n) is 9.59. The molecule has 5 rings (SSSR count). The van der Waals surface area contributed by atoms with E-state index in [1.165, 1.54) is 15.9 Å². The molecule has 0 fully saturated rings. The summed E-state index contributed by atoms with van der Waals surface area (Å²) in [5.74, 6) is 3.19. The van der Waals surface area contributed by atoms with Gasteiger partial charge in [-0.15, -0.1) is 0 Å². The minimum absolute atomic E-state index is 0.0973. The lowest BCUT2D eigenvalue weighted by Gasteiger charge is -2.36. The van der Waals surface area contributed by atoms with E-state index in [1.807, 2.05) is 48.5 Å². The van der Waals surface area contributed by atoms with Gasteiger partial charge in [0.15, 0.2) is 0 Å². The van der Waals surface area contributed by atoms with Gasteiger partial charge in [0.05, 0.1) is 14.2 Å². The molecule has 0 radical (unpaired) electrons. The van der Waals surface area contributed by atoms with Crippen molar-refractivity contribution in [3.63, 3.8) is 0 Å². The molecule has 0 aliphatic heterocycles. The Labute approximate surface area is 245 Å². The average molecular weight is 584 g/mol. The van der Waals surface area contributed by atoms with Gasteiger partial charge in [0, 0.05) is 12.0 Å². The van der Waals surface area contributed by atoms with Crippen molar-refractivity contribution in [2.24, 2.45) is 5.92 Å². The fraction of sp³-hybridized carbons (Fsp3) is 0.176. The first-order chi connectivity index (χ1) is 20.1. The number of methoxy groups -OCH3 is 2. The van der Waals surface area contributed by atoms with Crippen LogP contribution in [0, 0.1) is 5.92 Å². The summed E-state index contributed by atoms with van der Waals surface area (Å²) in [6.45, 7) is 2.25. The van der Waals surface area contributed by atoms with Crippen LogP contribution in [0.4, 0.5) is 0 Å². The van der Waals surface area contributed by atoms with Gasteiger partial charge in [0.25, 0.3) is 0 Å². The quantitative estimate of drug-likeness (QED) is 0.159. The number of ether oxygens (including phenoxy) is 2. The van der Waals surface area contributed by atoms with E-state index >= 15 is 0 Å². The van der Waals surface area contributed by atoms with E-state index < -0.39 is 16.4 Å². The maximum atomic E-state index is 6.53. The van der Waals surface area contributed by atoms with Gasteiger partial charge < -0.3 is 18.5 Å². The molecule has 4 aromatic rings. The summed E-state index contributed by atoms with van der Waals surface area (Å²) in [7, 11) is 3.19. The molecule has 0 saturated heterocycles. The van der Waals surface area contributed by atoms with Gasteiger partial charge >= 0.3 is 8.53 Å². The van der Waals surface area contributed by atoms with E-state index in [1.54, 1.807) is 14.2 Å². The first kappa shape index (κ1) is 28.9. The van der Waals surface area contributed by atoms with E-state index in [4.69, 9.17) is 18.5 Å². The summed E-state index contributed by atoms with van der Waals surface area (Å²) in [6.07, 6.45) is 6.81. The number of benzene rings is 4. The normalized spacial score (nSPS) is 15.2. The van der Waals surface area contributed by atoms with E-state index in [0.29, 0.717) is 0 Å². The Kier molecular flexibility index (Phi) is 9.75. The molecule has 0 N–H and O–H groups in total. The molecule has 4 aromatic carbocycles. The third-order valence-corrected chi connectivity index (χ3v) is 11.3. The average Bonchev–Trinajstić information content (AvgIpc) is 3.51. The van der Waals surface area contributed by atoms with Crippen molar-refractivity contribution in [1.82, 2.24) is 4.67 Å². The highest BCUT2D eigenvalue weighted by molar-refractivity contribution is 7.76. The van der Waals surface area contributed by atoms with Crippen LogP contribution in [-0.2, 0) is 0 Å². The Morgan fingerprint density at radius 3 is 1.51 bits per heavy atom. The summed E-state index contributed by atoms with van der Waals surface area (Å²) >= 11 is 0. The van der Waals surface area contributed by atoms with Crippen molar-refractivity contribution in [2.75, 3.05) is 21.3 Å². The summed E-state index contributed by atoms with van der Waals surface area (Å²) in [5.41, 5.74) is 0. The Morgan fingerprint density at radius 2 is 1.07 bits per heavy atom. The highest BCUT2D eigenvalue weighted by Crippen LogP contribution is 2.53. The molecule has 0 saturated carbocycles. The highest BCUT2D eigenvalue weighted by Gasteiger charge is 2.36. The molecule has 41 heavy (non-hydrogen) atoms. The topological polar surface area (TPSA) is 40.2 Å². The molecular weight excluding hydrogens is 548 g/mol. The van der Waals surface area contributed by atoms with Crippen LogP contribution in [0.1, 0.15) is 6.92 Å². The number of allylic oxidation sites excluding steroid dienone is 2. The van der Waals surface area contributed by atoms with Gasteiger partial charge in [-0.05, 0) is 86.3 Å². The summed E-state index contributed by atoms with van der Waals surface area (Å²) in [6, 6.07) is 37.0. The maximum absolute atomic E-state index is 6.53. The zero-order valence-corrected chi connectivity index (χ0v) is 25.5. The Morgan fingerprint density at radius 1 is 0.634 bits per heavy atom. The van der Waals surface area contributed by atoms with Gasteiger partial charge in [-0.1, -0.05) is 78.9 Å². The van der Waals surface area contributed by atoms with E-state index in [9.17, 15) is 0 Å². The summed E-state index contributed by atoms with van der Waals surface area (Å²) < 4.78 is 25.9. The van der Waals surface area contributed by atoms with Crippen LogP contribution in [0.25, 0.3) is 0 Å². The molecule has 0 bridgehead atoms. The zero-order valence-electron chi connectivity index (χ0n) is 23.8. The van der Waals surface area contributed by atoms with Gasteiger partial charge in [-0.3, -0.25) is 0 Å². The first-order valence-electron chi connectivity index (χ1n) is 13.5. The molecule has 5 nitrogen and oxygen atoms in total. The van der Waals surface area contributed by atoms with Crippen LogP contribution >= 0.6 is 16.4 Å². The molecule has 210 valence electrons. The third-order valence-electron chi connectivity index (χ3n) is 7.07. The lowest BCUT2D eigenvalue weighted by molar-refractivity contribution is 0.310. The lowest BCUT2D eigenvalue weighted by Crippen LogP contribution is -2.34. The van der Waals surface area contributed by atoms with E-state index in [0.717, 1.165) is 23.0 Å². The minimum Gasteiger partial charge on any atom is -0.497 e. The highest BCUT2D eigenvalue weighted by atomic mass is 31.2. The van der Waals surface area contributed by atoms with Crippen molar-refractivity contribution in [3.8, 4) is 23.0 Å². The lowest BCUT2D eigenvalue weighted by atomic mass is 10.0. The molecule has 1 unspecified atom stereocenters. The zero-order chi connectivity index (χ0) is 28.6. The number of rotatable bonds is 12. The van der Waals surface area contributed by atoms with Gasteiger partial charge in [0.2, 0.25) is 0 Å². The van der Waals surface area contributed by atoms with Crippen LogP contribution in [0.15, 0.2) is 133 Å². The first-order valence-corrected chi connectivity index (χ1v) is 16.0. The molecular formula is C34H35NO4P2. The Balaban J connectivity index is 1.43. The molecule has 2 atom stereocenters. The summed E-state index contributed by atoms with van der Waals surface area (Å²) in [4.78, 5) is 0. The van der Waals surface area contributed by atoms with Crippen molar-refractivity contribution in [2.45, 2.75) is 13.0 Å². The fourth-order valence-corrected chi connectivity index (χ4v) is 8.71. The van der Waals surface area contributed by atoms with Crippen LogP contribution in [0.3, 0.4) is 0 Å². The standard InChI is InChI=1S/C34H35NO4P2/c1-26(33-16-11-17-34(33)40(31-12-7-5-8-13-31)32-14-9-6-10-15-32)35(2)41(38-29-22-18-27(36-3)19-23-29)39-30-24-20-28(37-4)21-25-30/h5-26,33H,1-4H3/t26-,33?/m1/s1. The predicted octanol–water partition coefficient (Wildman–Crippen LogP) is 7.91. The van der Waals surface area contributed by atoms with Crippen molar-refractivity contribution < 1.29 is 18.5 Å². The molecule has 0 aromatic heterocycles. The van der Waals surface area contributed by atoms with Gasteiger partial charge in [0.1, 0.15) is 23.0 Å². The van der Waals surface area contributed by atoms with Crippen molar-refractivity contribution in [3.05, 3.63) is 133 Å². The number of hydrogen-bond acceptors (Lipinski definition) is 5. The van der Waals surface area contributed by atoms with Crippen LogP contribution in [-0.4, -0.2) is 32.0 Å². The molecule has 0 heterocycles. The molecule has 1 aliphatic carbocycles. The third kappa shape index (κ3) is 7.00. The van der Waals surface area contributed by atoms with Crippen molar-refractivity contribution in [1.29, 1.82) is 0 Å². The molecule has 0 amide bonds.